The summed E-state index contributed by atoms with van der Waals surface area (Å²) in [5, 5.41) is 9.44. The quantitative estimate of drug-likeness (QED) is 0.581. The molecule has 0 amide bonds. The van der Waals surface area contributed by atoms with Crippen molar-refractivity contribution in [2.75, 3.05) is 0 Å². The molecule has 1 rings (SSSR count). The smallest absolute Gasteiger partial charge is 0.0574 e. The average Bonchev–Trinajstić information content (AvgIpc) is 2.20. The minimum Gasteiger partial charge on any atom is -0.393 e. The van der Waals surface area contributed by atoms with Crippen LogP contribution in [0.15, 0.2) is 12.7 Å². The van der Waals surface area contributed by atoms with Crippen LogP contribution in [0, 0.1) is 11.8 Å². The van der Waals surface area contributed by atoms with Crippen molar-refractivity contribution in [1.29, 1.82) is 0 Å². The highest BCUT2D eigenvalue weighted by Crippen LogP contribution is 2.33. The maximum absolute atomic E-state index is 9.44. The molecule has 10 heavy (non-hydrogen) atoms. The highest BCUT2D eigenvalue weighted by atomic mass is 16.3. The van der Waals surface area contributed by atoms with Crippen molar-refractivity contribution in [2.45, 2.75) is 32.3 Å². The molecule has 1 heteroatoms. The molecule has 1 unspecified atom stereocenters. The van der Waals surface area contributed by atoms with E-state index >= 15 is 0 Å². The Bertz CT molecular complexity index is 110. The maximum atomic E-state index is 9.44. The Balaban J connectivity index is 2.45. The average molecular weight is 140 g/mol. The second kappa shape index (κ2) is 3.20. The highest BCUT2D eigenvalue weighted by molar-refractivity contribution is 4.86. The van der Waals surface area contributed by atoms with Crippen molar-refractivity contribution < 1.29 is 5.11 Å². The summed E-state index contributed by atoms with van der Waals surface area (Å²) in [5.41, 5.74) is 0. The summed E-state index contributed by atoms with van der Waals surface area (Å²) >= 11 is 0. The Morgan fingerprint density at radius 1 is 1.60 bits per heavy atom. The molecule has 3 atom stereocenters. The molecule has 0 aromatic heterocycles. The van der Waals surface area contributed by atoms with Crippen molar-refractivity contribution in [2.24, 2.45) is 11.8 Å². The first kappa shape index (κ1) is 7.80. The first-order valence-corrected chi connectivity index (χ1v) is 4.04. The summed E-state index contributed by atoms with van der Waals surface area (Å²) in [7, 11) is 0. The lowest BCUT2D eigenvalue weighted by Crippen LogP contribution is -2.16. The van der Waals surface area contributed by atoms with Crippen molar-refractivity contribution in [1.82, 2.24) is 0 Å². The first-order chi connectivity index (χ1) is 4.75. The van der Waals surface area contributed by atoms with Crippen molar-refractivity contribution in [3.8, 4) is 0 Å². The van der Waals surface area contributed by atoms with Crippen LogP contribution in [0.25, 0.3) is 0 Å². The van der Waals surface area contributed by atoms with Crippen LogP contribution in [-0.4, -0.2) is 11.2 Å². The molecule has 1 nitrogen and oxygen atoms in total. The molecule has 0 aromatic carbocycles. The molecule has 1 aliphatic carbocycles. The molecule has 0 bridgehead atoms. The van der Waals surface area contributed by atoms with E-state index < -0.39 is 0 Å². The molecule has 0 radical (unpaired) electrons. The third kappa shape index (κ3) is 1.40. The zero-order valence-corrected chi connectivity index (χ0v) is 6.59. The lowest BCUT2D eigenvalue weighted by atomic mass is 9.93. The number of rotatable bonds is 2. The third-order valence-corrected chi connectivity index (χ3v) is 2.58. The van der Waals surface area contributed by atoms with Gasteiger partial charge in [0.25, 0.3) is 0 Å². The summed E-state index contributed by atoms with van der Waals surface area (Å²) in [4.78, 5) is 0. The van der Waals surface area contributed by atoms with Crippen LogP contribution in [0.3, 0.4) is 0 Å². The predicted molar refractivity (Wildman–Crippen MR) is 42.7 cm³/mol. The zero-order chi connectivity index (χ0) is 7.56. The van der Waals surface area contributed by atoms with E-state index in [1.54, 1.807) is 0 Å². The van der Waals surface area contributed by atoms with Crippen LogP contribution in [0.5, 0.6) is 0 Å². The van der Waals surface area contributed by atoms with Crippen LogP contribution in [0.4, 0.5) is 0 Å². The van der Waals surface area contributed by atoms with Crippen molar-refractivity contribution in [3.63, 3.8) is 0 Å². The van der Waals surface area contributed by atoms with Gasteiger partial charge in [0, 0.05) is 0 Å². The van der Waals surface area contributed by atoms with Gasteiger partial charge < -0.3 is 5.11 Å². The summed E-state index contributed by atoms with van der Waals surface area (Å²) in [5.74, 6) is 1.17. The van der Waals surface area contributed by atoms with E-state index in [1.807, 2.05) is 6.08 Å². The van der Waals surface area contributed by atoms with Gasteiger partial charge in [0.1, 0.15) is 0 Å². The van der Waals surface area contributed by atoms with E-state index in [0.29, 0.717) is 11.8 Å². The molecule has 1 fully saturated rings. The van der Waals surface area contributed by atoms with Crippen LogP contribution in [-0.2, 0) is 0 Å². The third-order valence-electron chi connectivity index (χ3n) is 2.58. The lowest BCUT2D eigenvalue weighted by Gasteiger charge is -2.15. The molecule has 0 saturated heterocycles. The van der Waals surface area contributed by atoms with E-state index in [2.05, 4.69) is 13.5 Å². The van der Waals surface area contributed by atoms with Crippen molar-refractivity contribution in [3.05, 3.63) is 12.7 Å². The van der Waals surface area contributed by atoms with Gasteiger partial charge in [-0.1, -0.05) is 13.0 Å². The predicted octanol–water partition coefficient (Wildman–Crippen LogP) is 1.97. The van der Waals surface area contributed by atoms with E-state index in [1.165, 1.54) is 6.42 Å². The number of aliphatic hydroxyl groups is 1. The fourth-order valence-electron chi connectivity index (χ4n) is 1.82. The van der Waals surface area contributed by atoms with Crippen LogP contribution < -0.4 is 0 Å². The standard InChI is InChI=1S/C9H16O/c1-3-4-8-7(2)5-6-9(8)10/h3,7-10H,1,4-6H2,2H3/t7?,8-,9+/m0/s1. The Labute approximate surface area is 62.8 Å². The summed E-state index contributed by atoms with van der Waals surface area (Å²) in [6.45, 7) is 5.89. The number of allylic oxidation sites excluding steroid dienone is 1. The Morgan fingerprint density at radius 3 is 2.70 bits per heavy atom. The molecule has 1 N–H and O–H groups in total. The van der Waals surface area contributed by atoms with Gasteiger partial charge in [-0.15, -0.1) is 6.58 Å². The van der Waals surface area contributed by atoms with Gasteiger partial charge in [-0.2, -0.15) is 0 Å². The summed E-state index contributed by atoms with van der Waals surface area (Å²) in [6, 6.07) is 0. The maximum Gasteiger partial charge on any atom is 0.0574 e. The van der Waals surface area contributed by atoms with Gasteiger partial charge in [-0.05, 0) is 31.1 Å². The normalized spacial score (nSPS) is 40.0. The zero-order valence-electron chi connectivity index (χ0n) is 6.59. The second-order valence-corrected chi connectivity index (χ2v) is 3.31. The number of hydrogen-bond donors (Lipinski definition) is 1. The molecule has 0 aromatic rings. The number of aliphatic hydroxyl groups excluding tert-OH is 1. The van der Waals surface area contributed by atoms with Gasteiger partial charge in [-0.25, -0.2) is 0 Å². The van der Waals surface area contributed by atoms with Gasteiger partial charge in [0.15, 0.2) is 0 Å². The topological polar surface area (TPSA) is 20.2 Å². The van der Waals surface area contributed by atoms with Crippen LogP contribution in [0.2, 0.25) is 0 Å². The van der Waals surface area contributed by atoms with E-state index in [-0.39, 0.29) is 6.10 Å². The molecule has 1 saturated carbocycles. The molecular weight excluding hydrogens is 124 g/mol. The van der Waals surface area contributed by atoms with E-state index in [9.17, 15) is 5.11 Å². The Kier molecular flexibility index (Phi) is 2.50. The van der Waals surface area contributed by atoms with Gasteiger partial charge in [-0.3, -0.25) is 0 Å². The minimum absolute atomic E-state index is 0.0620. The fourth-order valence-corrected chi connectivity index (χ4v) is 1.82. The lowest BCUT2D eigenvalue weighted by molar-refractivity contribution is 0.122. The second-order valence-electron chi connectivity index (χ2n) is 3.31. The monoisotopic (exact) mass is 140 g/mol. The highest BCUT2D eigenvalue weighted by Gasteiger charge is 2.30. The molecular formula is C9H16O. The largest absolute Gasteiger partial charge is 0.393 e. The number of hydrogen-bond acceptors (Lipinski definition) is 1. The molecule has 0 spiro atoms. The van der Waals surface area contributed by atoms with Crippen LogP contribution in [0.1, 0.15) is 26.2 Å². The molecule has 58 valence electrons. The Morgan fingerprint density at radius 2 is 2.30 bits per heavy atom. The SMILES string of the molecule is C=CC[C@H]1C(C)CC[C@H]1O. The molecule has 0 aliphatic heterocycles. The van der Waals surface area contributed by atoms with Crippen LogP contribution >= 0.6 is 0 Å². The fraction of sp³-hybridized carbons (Fsp3) is 0.778. The van der Waals surface area contributed by atoms with E-state index in [0.717, 1.165) is 12.8 Å². The van der Waals surface area contributed by atoms with Gasteiger partial charge in [0.05, 0.1) is 6.10 Å². The van der Waals surface area contributed by atoms with Gasteiger partial charge in [0.2, 0.25) is 0 Å². The molecule has 0 heterocycles. The summed E-state index contributed by atoms with van der Waals surface area (Å²) < 4.78 is 0. The minimum atomic E-state index is -0.0620. The van der Waals surface area contributed by atoms with E-state index in [4.69, 9.17) is 0 Å². The molecule has 1 aliphatic rings. The van der Waals surface area contributed by atoms with Crippen molar-refractivity contribution >= 4 is 0 Å². The Hall–Kier alpha value is -0.300. The summed E-state index contributed by atoms with van der Waals surface area (Å²) in [6.07, 6.45) is 4.99. The first-order valence-electron chi connectivity index (χ1n) is 4.04. The van der Waals surface area contributed by atoms with Gasteiger partial charge >= 0.3 is 0 Å².